The van der Waals surface area contributed by atoms with Crippen molar-refractivity contribution in [3.05, 3.63) is 69.1 Å². The fourth-order valence-electron chi connectivity index (χ4n) is 2.41. The third-order valence-corrected chi connectivity index (χ3v) is 4.03. The Bertz CT molecular complexity index is 1110. The molecule has 154 valence electrons. The van der Waals surface area contributed by atoms with Crippen LogP contribution in [0.15, 0.2) is 41.2 Å². The number of aryl methyl sites for hydroxylation is 1. The molecule has 0 spiro atoms. The molecule has 0 aliphatic carbocycles. The molecule has 29 heavy (non-hydrogen) atoms. The van der Waals surface area contributed by atoms with E-state index in [4.69, 9.17) is 21.4 Å². The fourth-order valence-corrected chi connectivity index (χ4v) is 2.60. The average Bonchev–Trinajstić information content (AvgIpc) is 2.92. The first-order valence-corrected chi connectivity index (χ1v) is 8.03. The van der Waals surface area contributed by atoms with Gasteiger partial charge in [-0.1, -0.05) is 11.6 Å². The van der Waals surface area contributed by atoms with E-state index < -0.39 is 29.7 Å². The molecular formula is C17H12Cl2F3N3O4. The van der Waals surface area contributed by atoms with Crippen LogP contribution in [0.2, 0.25) is 5.02 Å². The molecule has 0 fully saturated rings. The van der Waals surface area contributed by atoms with E-state index in [1.165, 1.54) is 31.2 Å². The number of benzene rings is 2. The third-order valence-electron chi connectivity index (χ3n) is 3.73. The lowest BCUT2D eigenvalue weighted by Gasteiger charge is -2.10. The molecule has 0 aliphatic rings. The maximum atomic E-state index is 14.3. The maximum absolute atomic E-state index is 14.3. The number of carboxylic acid groups (broad SMARTS) is 1. The molecule has 0 saturated heterocycles. The Morgan fingerprint density at radius 2 is 1.86 bits per heavy atom. The van der Waals surface area contributed by atoms with Gasteiger partial charge in [-0.25, -0.2) is 18.5 Å². The number of carbonyl (C=O) groups is 1. The zero-order chi connectivity index (χ0) is 20.6. The second kappa shape index (κ2) is 8.58. The Balaban J connectivity index is 0.00000300. The number of carboxylic acids is 1. The highest BCUT2D eigenvalue weighted by atomic mass is 35.5. The van der Waals surface area contributed by atoms with Crippen molar-refractivity contribution in [2.75, 3.05) is 0 Å². The van der Waals surface area contributed by atoms with Crippen molar-refractivity contribution in [3.63, 3.8) is 0 Å². The molecule has 2 aromatic carbocycles. The van der Waals surface area contributed by atoms with Crippen LogP contribution >= 0.6 is 24.0 Å². The van der Waals surface area contributed by atoms with Gasteiger partial charge in [-0.05, 0) is 37.3 Å². The molecular weight excluding hydrogens is 438 g/mol. The van der Waals surface area contributed by atoms with E-state index in [1.54, 1.807) is 0 Å². The Morgan fingerprint density at radius 3 is 2.38 bits per heavy atom. The smallest absolute Gasteiger partial charge is 0.355 e. The largest absolute Gasteiger partial charge is 0.478 e. The van der Waals surface area contributed by atoms with Crippen LogP contribution in [0, 0.1) is 12.7 Å². The van der Waals surface area contributed by atoms with Gasteiger partial charge in [-0.15, -0.1) is 17.5 Å². The minimum Gasteiger partial charge on any atom is -0.478 e. The quantitative estimate of drug-likeness (QED) is 0.621. The van der Waals surface area contributed by atoms with Crippen LogP contribution in [-0.4, -0.2) is 25.4 Å². The van der Waals surface area contributed by atoms with Gasteiger partial charge in [0.15, 0.2) is 5.82 Å². The third kappa shape index (κ3) is 4.38. The van der Waals surface area contributed by atoms with Gasteiger partial charge in [0.05, 0.1) is 10.6 Å². The van der Waals surface area contributed by atoms with E-state index in [9.17, 15) is 22.8 Å². The van der Waals surface area contributed by atoms with Gasteiger partial charge in [-0.2, -0.15) is 13.5 Å². The first kappa shape index (κ1) is 22.3. The molecule has 0 saturated carbocycles. The van der Waals surface area contributed by atoms with E-state index >= 15 is 0 Å². The summed E-state index contributed by atoms with van der Waals surface area (Å²) in [6.07, 6.45) is 0. The lowest BCUT2D eigenvalue weighted by atomic mass is 10.2. The molecule has 1 N–H and O–H groups in total. The van der Waals surface area contributed by atoms with Gasteiger partial charge < -0.3 is 9.84 Å². The summed E-state index contributed by atoms with van der Waals surface area (Å²) in [7, 11) is 0. The summed E-state index contributed by atoms with van der Waals surface area (Å²) in [5, 5.41) is 12.4. The number of ether oxygens (including phenoxy) is 1. The van der Waals surface area contributed by atoms with Crippen molar-refractivity contribution in [2.45, 2.75) is 13.5 Å². The summed E-state index contributed by atoms with van der Waals surface area (Å²) in [5.74, 6) is -2.30. The molecule has 0 radical (unpaired) electrons. The maximum Gasteiger partial charge on any atom is 0.355 e. The van der Waals surface area contributed by atoms with E-state index in [2.05, 4.69) is 5.10 Å². The number of aromatic carboxylic acids is 1. The van der Waals surface area contributed by atoms with E-state index in [1.807, 2.05) is 0 Å². The second-order valence-corrected chi connectivity index (χ2v) is 5.96. The van der Waals surface area contributed by atoms with Gasteiger partial charge in [0, 0.05) is 6.07 Å². The predicted octanol–water partition coefficient (Wildman–Crippen LogP) is 4.44. The molecule has 0 aliphatic heterocycles. The van der Waals surface area contributed by atoms with Crippen LogP contribution in [0.25, 0.3) is 5.69 Å². The Kier molecular flexibility index (Phi) is 6.60. The fraction of sp³-hybridized carbons (Fsp3) is 0.118. The lowest BCUT2D eigenvalue weighted by molar-refractivity contribution is 0.0639. The number of hydrogen-bond donors (Lipinski definition) is 1. The molecule has 3 aromatic rings. The summed E-state index contributed by atoms with van der Waals surface area (Å²) in [6.45, 7) is -1.96. The monoisotopic (exact) mass is 449 g/mol. The van der Waals surface area contributed by atoms with Crippen LogP contribution in [0.4, 0.5) is 13.2 Å². The summed E-state index contributed by atoms with van der Waals surface area (Å²) < 4.78 is 46.3. The minimum absolute atomic E-state index is 0. The van der Waals surface area contributed by atoms with Crippen LogP contribution in [0.5, 0.6) is 11.5 Å². The number of alkyl halides is 2. The molecule has 3 rings (SSSR count). The van der Waals surface area contributed by atoms with Crippen LogP contribution in [0.3, 0.4) is 0 Å². The molecule has 0 bridgehead atoms. The number of halogens is 5. The van der Waals surface area contributed by atoms with E-state index in [0.717, 1.165) is 12.1 Å². The molecule has 1 aromatic heterocycles. The van der Waals surface area contributed by atoms with Crippen LogP contribution in [-0.2, 0) is 0 Å². The molecule has 0 unspecified atom stereocenters. The Hall–Kier alpha value is -2.98. The van der Waals surface area contributed by atoms with Crippen molar-refractivity contribution in [1.82, 2.24) is 14.3 Å². The summed E-state index contributed by atoms with van der Waals surface area (Å²) in [6, 6.07) is 7.16. The van der Waals surface area contributed by atoms with Crippen LogP contribution < -0.4 is 10.4 Å². The van der Waals surface area contributed by atoms with E-state index in [-0.39, 0.29) is 44.9 Å². The van der Waals surface area contributed by atoms with Crippen molar-refractivity contribution < 1.29 is 27.8 Å². The van der Waals surface area contributed by atoms with E-state index in [0.29, 0.717) is 4.68 Å². The summed E-state index contributed by atoms with van der Waals surface area (Å²) in [5.41, 5.74) is -1.64. The summed E-state index contributed by atoms with van der Waals surface area (Å²) in [4.78, 5) is 23.0. The molecule has 0 amide bonds. The summed E-state index contributed by atoms with van der Waals surface area (Å²) >= 11 is 5.96. The number of aromatic nitrogens is 3. The number of rotatable bonds is 5. The lowest BCUT2D eigenvalue weighted by Crippen LogP contribution is -2.25. The van der Waals surface area contributed by atoms with Crippen molar-refractivity contribution in [1.29, 1.82) is 0 Å². The number of nitrogens with zero attached hydrogens (tertiary/aromatic N) is 3. The van der Waals surface area contributed by atoms with Crippen molar-refractivity contribution in [2.24, 2.45) is 0 Å². The Morgan fingerprint density at radius 1 is 1.24 bits per heavy atom. The number of hydrogen-bond acceptors (Lipinski definition) is 4. The van der Waals surface area contributed by atoms with Crippen molar-refractivity contribution >= 4 is 30.0 Å². The first-order valence-electron chi connectivity index (χ1n) is 7.66. The zero-order valence-corrected chi connectivity index (χ0v) is 16.0. The van der Waals surface area contributed by atoms with Crippen molar-refractivity contribution in [3.8, 4) is 17.2 Å². The molecule has 7 nitrogen and oxygen atoms in total. The van der Waals surface area contributed by atoms with Gasteiger partial charge in [-0.3, -0.25) is 0 Å². The average molecular weight is 450 g/mol. The highest BCUT2D eigenvalue weighted by Gasteiger charge is 2.21. The normalized spacial score (nSPS) is 10.7. The minimum atomic E-state index is -3.14. The topological polar surface area (TPSA) is 86.4 Å². The standard InChI is InChI=1S/C17H11ClF3N3O4.ClH/c1-8-22-24(17(27)23(8)16(20)21)13-7-14(11(18)6-12(13)19)28-10-4-2-9(3-5-10)15(25)26;/h2-7,16H,1H3,(H,25,26);1H. The van der Waals surface area contributed by atoms with Gasteiger partial charge in [0.1, 0.15) is 23.0 Å². The first-order chi connectivity index (χ1) is 13.2. The predicted molar refractivity (Wildman–Crippen MR) is 99.5 cm³/mol. The molecule has 12 heteroatoms. The van der Waals surface area contributed by atoms with Gasteiger partial charge >= 0.3 is 18.2 Å². The molecule has 0 atom stereocenters. The van der Waals surface area contributed by atoms with Gasteiger partial charge in [0.25, 0.3) is 0 Å². The highest BCUT2D eigenvalue weighted by molar-refractivity contribution is 6.32. The van der Waals surface area contributed by atoms with Crippen LogP contribution in [0.1, 0.15) is 22.7 Å². The molecule has 1 heterocycles. The van der Waals surface area contributed by atoms with Gasteiger partial charge in [0.2, 0.25) is 0 Å². The SMILES string of the molecule is Cc1nn(-c2cc(Oc3ccc(C(=O)O)cc3)c(Cl)cc2F)c(=O)n1C(F)F.Cl. The Labute approximate surface area is 172 Å². The highest BCUT2D eigenvalue weighted by Crippen LogP contribution is 2.33. The second-order valence-electron chi connectivity index (χ2n) is 5.55. The zero-order valence-electron chi connectivity index (χ0n) is 14.5.